The minimum Gasteiger partial charge on any atom is -0.497 e. The third-order valence-corrected chi connectivity index (χ3v) is 5.55. The van der Waals surface area contributed by atoms with Crippen LogP contribution in [0, 0.1) is 0 Å². The zero-order valence-electron chi connectivity index (χ0n) is 18.9. The van der Waals surface area contributed by atoms with E-state index in [0.29, 0.717) is 24.2 Å². The number of Topliss-reactive ketones (excluding diaryl/α,β-unsaturated/α-hetero) is 1. The minimum absolute atomic E-state index is 0.0817. The topological polar surface area (TPSA) is 68.7 Å². The van der Waals surface area contributed by atoms with Gasteiger partial charge >= 0.3 is 6.09 Å². The van der Waals surface area contributed by atoms with Gasteiger partial charge < -0.3 is 9.47 Å². The quantitative estimate of drug-likeness (QED) is 0.510. The Kier molecular flexibility index (Phi) is 5.87. The first-order valence-corrected chi connectivity index (χ1v) is 10.8. The van der Waals surface area contributed by atoms with E-state index >= 15 is 0 Å². The monoisotopic (exact) mass is 432 g/mol. The summed E-state index contributed by atoms with van der Waals surface area (Å²) in [6.45, 7) is 6.00. The summed E-state index contributed by atoms with van der Waals surface area (Å²) in [6.07, 6.45) is 0.943. The molecule has 1 aromatic heterocycles. The van der Waals surface area contributed by atoms with E-state index in [1.807, 2.05) is 75.4 Å². The molecule has 2 heterocycles. The Bertz CT molecular complexity index is 1150. The van der Waals surface area contributed by atoms with Crippen LogP contribution in [-0.2, 0) is 4.74 Å². The zero-order valence-corrected chi connectivity index (χ0v) is 18.9. The molecule has 0 saturated carbocycles. The number of para-hydroxylation sites is 1. The summed E-state index contributed by atoms with van der Waals surface area (Å²) in [5.74, 6) is 0.673. The predicted molar refractivity (Wildman–Crippen MR) is 124 cm³/mol. The molecule has 1 saturated heterocycles. The molecule has 0 spiro atoms. The van der Waals surface area contributed by atoms with Gasteiger partial charge in [0, 0.05) is 23.1 Å². The highest BCUT2D eigenvalue weighted by Gasteiger charge is 2.37. The van der Waals surface area contributed by atoms with Crippen molar-refractivity contribution < 1.29 is 19.1 Å². The zero-order chi connectivity index (χ0) is 22.9. The van der Waals surface area contributed by atoms with Gasteiger partial charge in [-0.05, 0) is 70.0 Å². The highest BCUT2D eigenvalue weighted by atomic mass is 16.6. The number of ketones is 1. The number of nitrogens with zero attached hydrogens (tertiary/aromatic N) is 2. The number of fused-ring (bicyclic) bond motifs is 1. The largest absolute Gasteiger partial charge is 0.497 e. The second-order valence-electron chi connectivity index (χ2n) is 9.00. The molecule has 0 bridgehead atoms. The number of pyridine rings is 1. The number of ether oxygens (including phenoxy) is 2. The molecule has 1 fully saturated rings. The number of benzene rings is 2. The molecular formula is C26H28N2O4. The Balaban J connectivity index is 1.74. The number of methoxy groups -OCH3 is 1. The standard InChI is InChI=1S/C26H28N2O4/c1-26(2,3)32-25(30)28-15-7-10-23(28)24(29)20-16-22(17-11-13-18(31-4)14-12-17)27-21-9-6-5-8-19(20)21/h5-6,8-9,11-14,16,23H,7,10,15H2,1-4H3. The highest BCUT2D eigenvalue weighted by molar-refractivity contribution is 6.11. The van der Waals surface area contributed by atoms with Crippen LogP contribution >= 0.6 is 0 Å². The number of hydrogen-bond donors (Lipinski definition) is 0. The minimum atomic E-state index is -0.613. The lowest BCUT2D eigenvalue weighted by Crippen LogP contribution is -2.43. The van der Waals surface area contributed by atoms with Crippen LogP contribution in [0.5, 0.6) is 5.75 Å². The van der Waals surface area contributed by atoms with Crippen molar-refractivity contribution in [3.8, 4) is 17.0 Å². The van der Waals surface area contributed by atoms with Gasteiger partial charge in [-0.2, -0.15) is 0 Å². The first kappa shape index (κ1) is 21.8. The Morgan fingerprint density at radius 2 is 1.78 bits per heavy atom. The molecule has 1 unspecified atom stereocenters. The fourth-order valence-electron chi connectivity index (χ4n) is 4.05. The van der Waals surface area contributed by atoms with Gasteiger partial charge in [0.15, 0.2) is 5.78 Å². The Labute approximate surface area is 188 Å². The SMILES string of the molecule is COc1ccc(-c2cc(C(=O)C3CCCN3C(=O)OC(C)(C)C)c3ccccc3n2)cc1. The summed E-state index contributed by atoms with van der Waals surface area (Å²) in [7, 11) is 1.62. The number of carbonyl (C=O) groups is 2. The van der Waals surface area contributed by atoms with Gasteiger partial charge in [-0.25, -0.2) is 9.78 Å². The van der Waals surface area contributed by atoms with Gasteiger partial charge in [-0.1, -0.05) is 18.2 Å². The van der Waals surface area contributed by atoms with Gasteiger partial charge in [0.2, 0.25) is 0 Å². The fraction of sp³-hybridized carbons (Fsp3) is 0.346. The van der Waals surface area contributed by atoms with Gasteiger partial charge in [0.1, 0.15) is 11.4 Å². The van der Waals surface area contributed by atoms with E-state index in [0.717, 1.165) is 28.6 Å². The number of carbonyl (C=O) groups excluding carboxylic acids is 2. The number of rotatable bonds is 4. The maximum atomic E-state index is 13.7. The van der Waals surface area contributed by atoms with Crippen LogP contribution in [-0.4, -0.2) is 47.1 Å². The van der Waals surface area contributed by atoms with Crippen molar-refractivity contribution in [3.63, 3.8) is 0 Å². The Morgan fingerprint density at radius 3 is 2.47 bits per heavy atom. The molecule has 1 amide bonds. The van der Waals surface area contributed by atoms with Gasteiger partial charge in [-0.15, -0.1) is 0 Å². The summed E-state index contributed by atoms with van der Waals surface area (Å²) in [5.41, 5.74) is 2.29. The van der Waals surface area contributed by atoms with Crippen LogP contribution in [0.15, 0.2) is 54.6 Å². The first-order valence-electron chi connectivity index (χ1n) is 10.8. The lowest BCUT2D eigenvalue weighted by molar-refractivity contribution is 0.0222. The average Bonchev–Trinajstić information content (AvgIpc) is 3.27. The molecule has 3 aromatic rings. The van der Waals surface area contributed by atoms with E-state index < -0.39 is 17.7 Å². The third-order valence-electron chi connectivity index (χ3n) is 5.55. The van der Waals surface area contributed by atoms with Crippen LogP contribution in [0.1, 0.15) is 44.0 Å². The van der Waals surface area contributed by atoms with Crippen molar-refractivity contribution in [1.82, 2.24) is 9.88 Å². The molecule has 2 aromatic carbocycles. The van der Waals surface area contributed by atoms with Crippen molar-refractivity contribution >= 4 is 22.8 Å². The average molecular weight is 433 g/mol. The van der Waals surface area contributed by atoms with E-state index in [-0.39, 0.29) is 5.78 Å². The van der Waals surface area contributed by atoms with Gasteiger partial charge in [0.05, 0.1) is 24.4 Å². The lowest BCUT2D eigenvalue weighted by Gasteiger charge is -2.28. The molecule has 1 aliphatic rings. The van der Waals surface area contributed by atoms with Crippen molar-refractivity contribution in [1.29, 1.82) is 0 Å². The number of amides is 1. The Hall–Kier alpha value is -3.41. The highest BCUT2D eigenvalue weighted by Crippen LogP contribution is 2.30. The molecule has 1 aliphatic heterocycles. The van der Waals surface area contributed by atoms with Gasteiger partial charge in [0.25, 0.3) is 0 Å². The van der Waals surface area contributed by atoms with Crippen molar-refractivity contribution in [2.75, 3.05) is 13.7 Å². The molecule has 0 aliphatic carbocycles. The second kappa shape index (κ2) is 8.61. The number of hydrogen-bond acceptors (Lipinski definition) is 5. The predicted octanol–water partition coefficient (Wildman–Crippen LogP) is 5.49. The maximum absolute atomic E-state index is 13.7. The normalized spacial score (nSPS) is 16.2. The second-order valence-corrected chi connectivity index (χ2v) is 9.00. The molecular weight excluding hydrogens is 404 g/mol. The van der Waals surface area contributed by atoms with Crippen molar-refractivity contribution in [2.24, 2.45) is 0 Å². The number of likely N-dealkylation sites (tertiary alicyclic amines) is 1. The fourth-order valence-corrected chi connectivity index (χ4v) is 4.05. The maximum Gasteiger partial charge on any atom is 0.410 e. The Morgan fingerprint density at radius 1 is 1.06 bits per heavy atom. The lowest BCUT2D eigenvalue weighted by atomic mass is 9.96. The van der Waals surface area contributed by atoms with E-state index in [1.165, 1.54) is 0 Å². The molecule has 0 N–H and O–H groups in total. The summed E-state index contributed by atoms with van der Waals surface area (Å²) in [6, 6.07) is 16.5. The van der Waals surface area contributed by atoms with Crippen LogP contribution in [0.4, 0.5) is 4.79 Å². The first-order chi connectivity index (χ1) is 15.3. The summed E-state index contributed by atoms with van der Waals surface area (Å²) in [4.78, 5) is 32.8. The molecule has 4 rings (SSSR count). The van der Waals surface area contributed by atoms with Crippen LogP contribution in [0.25, 0.3) is 22.2 Å². The summed E-state index contributed by atoms with van der Waals surface area (Å²) < 4.78 is 10.8. The van der Waals surface area contributed by atoms with Crippen LogP contribution in [0.2, 0.25) is 0 Å². The van der Waals surface area contributed by atoms with Crippen LogP contribution in [0.3, 0.4) is 0 Å². The van der Waals surface area contributed by atoms with Crippen molar-refractivity contribution in [3.05, 3.63) is 60.2 Å². The molecule has 166 valence electrons. The summed E-state index contributed by atoms with van der Waals surface area (Å²) >= 11 is 0. The van der Waals surface area contributed by atoms with E-state index in [1.54, 1.807) is 12.0 Å². The smallest absolute Gasteiger partial charge is 0.410 e. The van der Waals surface area contributed by atoms with Crippen LogP contribution < -0.4 is 4.74 Å². The van der Waals surface area contributed by atoms with E-state index in [9.17, 15) is 9.59 Å². The molecule has 0 radical (unpaired) electrons. The molecule has 6 heteroatoms. The van der Waals surface area contributed by atoms with Gasteiger partial charge in [-0.3, -0.25) is 9.69 Å². The van der Waals surface area contributed by atoms with Crippen molar-refractivity contribution in [2.45, 2.75) is 45.3 Å². The molecule has 6 nitrogen and oxygen atoms in total. The summed E-state index contributed by atoms with van der Waals surface area (Å²) in [5, 5.41) is 0.783. The third kappa shape index (κ3) is 4.44. The number of aromatic nitrogens is 1. The molecule has 32 heavy (non-hydrogen) atoms. The van der Waals surface area contributed by atoms with E-state index in [2.05, 4.69) is 0 Å². The van der Waals surface area contributed by atoms with E-state index in [4.69, 9.17) is 14.5 Å². The molecule has 1 atom stereocenters.